The van der Waals surface area contributed by atoms with Crippen LogP contribution in [0.3, 0.4) is 0 Å². The fourth-order valence-electron chi connectivity index (χ4n) is 4.16. The molecule has 0 radical (unpaired) electrons. The molecule has 0 aromatic heterocycles. The van der Waals surface area contributed by atoms with E-state index in [0.717, 1.165) is 25.2 Å². The van der Waals surface area contributed by atoms with Gasteiger partial charge in [-0.15, -0.1) is 6.58 Å². The van der Waals surface area contributed by atoms with E-state index in [-0.39, 0.29) is 24.0 Å². The molecule has 0 saturated carbocycles. The van der Waals surface area contributed by atoms with Crippen LogP contribution in [0.4, 0.5) is 0 Å². The number of piperazine rings is 1. The number of hydrogen-bond donors (Lipinski definition) is 1. The smallest absolute Gasteiger partial charge is 0.253 e. The summed E-state index contributed by atoms with van der Waals surface area (Å²) in [5.41, 5.74) is 1.93. The second kappa shape index (κ2) is 10.7. The van der Waals surface area contributed by atoms with E-state index in [9.17, 15) is 9.59 Å². The summed E-state index contributed by atoms with van der Waals surface area (Å²) >= 11 is 0. The first-order valence-corrected chi connectivity index (χ1v) is 10.8. The Morgan fingerprint density at radius 2 is 1.70 bits per heavy atom. The minimum Gasteiger partial charge on any atom is -0.373 e. The first-order chi connectivity index (χ1) is 14.4. The van der Waals surface area contributed by atoms with Crippen LogP contribution >= 0.6 is 0 Å². The van der Waals surface area contributed by atoms with E-state index in [1.807, 2.05) is 17.0 Å². The van der Waals surface area contributed by atoms with Gasteiger partial charge in [-0.3, -0.25) is 19.4 Å². The van der Waals surface area contributed by atoms with Crippen LogP contribution < -0.4 is 5.32 Å². The number of amides is 2. The van der Waals surface area contributed by atoms with Gasteiger partial charge in [0.15, 0.2) is 0 Å². The largest absolute Gasteiger partial charge is 0.373 e. The molecule has 2 aliphatic heterocycles. The Morgan fingerprint density at radius 3 is 2.30 bits per heavy atom. The topological polar surface area (TPSA) is 65.1 Å². The summed E-state index contributed by atoms with van der Waals surface area (Å²) in [6.07, 6.45) is 2.17. The zero-order valence-electron chi connectivity index (χ0n) is 18.2. The van der Waals surface area contributed by atoms with Crippen molar-refractivity contribution in [3.05, 3.63) is 48.0 Å². The number of carbonyl (C=O) groups excluding carboxylic acids is 2. The molecule has 1 aromatic carbocycles. The molecule has 0 bridgehead atoms. The Kier molecular flexibility index (Phi) is 8.01. The van der Waals surface area contributed by atoms with Crippen LogP contribution in [0.1, 0.15) is 29.8 Å². The summed E-state index contributed by atoms with van der Waals surface area (Å²) in [5.74, 6) is 0.0558. The maximum absolute atomic E-state index is 12.8. The highest BCUT2D eigenvalue weighted by Gasteiger charge is 2.24. The highest BCUT2D eigenvalue weighted by molar-refractivity contribution is 5.94. The SMILES string of the molecule is C=CCNC(=O)CN1CCN(C(=O)c2ccc(CN3CC(C)OC(C)C3)cc2)CC1. The van der Waals surface area contributed by atoms with Gasteiger partial charge in [-0.1, -0.05) is 18.2 Å². The molecule has 3 rings (SSSR count). The third-order valence-electron chi connectivity index (χ3n) is 5.57. The summed E-state index contributed by atoms with van der Waals surface area (Å²) in [5, 5.41) is 2.79. The standard InChI is InChI=1S/C23H34N4O3/c1-4-9-24-22(28)17-25-10-12-27(13-11-25)23(29)21-7-5-20(6-8-21)16-26-14-18(2)30-19(3)15-26/h4-8,18-19H,1,9-17H2,2-3H3,(H,24,28). The number of morpholine rings is 1. The summed E-state index contributed by atoms with van der Waals surface area (Å²) in [6.45, 7) is 14.1. The van der Waals surface area contributed by atoms with Gasteiger partial charge in [0.1, 0.15) is 0 Å². The zero-order chi connectivity index (χ0) is 21.5. The molecule has 164 valence electrons. The van der Waals surface area contributed by atoms with Gasteiger partial charge in [-0.2, -0.15) is 0 Å². The van der Waals surface area contributed by atoms with Crippen molar-refractivity contribution in [3.63, 3.8) is 0 Å². The summed E-state index contributed by atoms with van der Waals surface area (Å²) < 4.78 is 5.80. The van der Waals surface area contributed by atoms with Crippen LogP contribution in [0.5, 0.6) is 0 Å². The number of hydrogen-bond acceptors (Lipinski definition) is 5. The third kappa shape index (κ3) is 6.39. The van der Waals surface area contributed by atoms with Crippen LogP contribution in [-0.2, 0) is 16.1 Å². The van der Waals surface area contributed by atoms with Crippen LogP contribution in [0.2, 0.25) is 0 Å². The Labute approximate surface area is 179 Å². The van der Waals surface area contributed by atoms with E-state index in [1.165, 1.54) is 5.56 Å². The van der Waals surface area contributed by atoms with Crippen molar-refractivity contribution >= 4 is 11.8 Å². The number of nitrogens with zero attached hydrogens (tertiary/aromatic N) is 3. The van der Waals surface area contributed by atoms with Crippen molar-refractivity contribution in [2.24, 2.45) is 0 Å². The lowest BCUT2D eigenvalue weighted by molar-refractivity contribution is -0.122. The summed E-state index contributed by atoms with van der Waals surface area (Å²) in [4.78, 5) is 31.0. The Bertz CT molecular complexity index is 718. The molecule has 2 amide bonds. The first kappa shape index (κ1) is 22.5. The van der Waals surface area contributed by atoms with Crippen molar-refractivity contribution in [1.82, 2.24) is 20.0 Å². The van der Waals surface area contributed by atoms with Crippen LogP contribution in [0, 0.1) is 0 Å². The lowest BCUT2D eigenvalue weighted by atomic mass is 10.1. The van der Waals surface area contributed by atoms with Crippen molar-refractivity contribution in [2.45, 2.75) is 32.6 Å². The molecule has 7 heteroatoms. The van der Waals surface area contributed by atoms with E-state index in [1.54, 1.807) is 6.08 Å². The zero-order valence-corrected chi connectivity index (χ0v) is 18.2. The molecule has 1 aromatic rings. The quantitative estimate of drug-likeness (QED) is 0.683. The van der Waals surface area contributed by atoms with E-state index < -0.39 is 0 Å². The molecule has 0 spiro atoms. The highest BCUT2D eigenvalue weighted by Crippen LogP contribution is 2.16. The summed E-state index contributed by atoms with van der Waals surface area (Å²) in [6, 6.07) is 7.97. The number of nitrogens with one attached hydrogen (secondary N) is 1. The van der Waals surface area contributed by atoms with Crippen molar-refractivity contribution in [1.29, 1.82) is 0 Å². The van der Waals surface area contributed by atoms with Gasteiger partial charge in [0, 0.05) is 57.9 Å². The average molecular weight is 415 g/mol. The van der Waals surface area contributed by atoms with Gasteiger partial charge in [-0.25, -0.2) is 0 Å². The molecule has 1 N–H and O–H groups in total. The number of rotatable bonds is 7. The second-order valence-electron chi connectivity index (χ2n) is 8.31. The molecule has 2 atom stereocenters. The predicted molar refractivity (Wildman–Crippen MR) is 117 cm³/mol. The number of benzene rings is 1. The Morgan fingerprint density at radius 1 is 1.07 bits per heavy atom. The molecule has 2 heterocycles. The van der Waals surface area contributed by atoms with Crippen LogP contribution in [0.25, 0.3) is 0 Å². The van der Waals surface area contributed by atoms with E-state index >= 15 is 0 Å². The number of ether oxygens (including phenoxy) is 1. The van der Waals surface area contributed by atoms with Crippen molar-refractivity contribution in [3.8, 4) is 0 Å². The van der Waals surface area contributed by atoms with Gasteiger partial charge >= 0.3 is 0 Å². The van der Waals surface area contributed by atoms with E-state index in [0.29, 0.717) is 39.3 Å². The molecule has 30 heavy (non-hydrogen) atoms. The van der Waals surface area contributed by atoms with Crippen LogP contribution in [0.15, 0.2) is 36.9 Å². The van der Waals surface area contributed by atoms with E-state index in [2.05, 4.69) is 47.7 Å². The molecular formula is C23H34N4O3. The maximum atomic E-state index is 12.8. The Hall–Kier alpha value is -2.22. The Balaban J connectivity index is 1.47. The lowest BCUT2D eigenvalue weighted by Crippen LogP contribution is -2.51. The monoisotopic (exact) mass is 414 g/mol. The van der Waals surface area contributed by atoms with E-state index in [4.69, 9.17) is 4.74 Å². The van der Waals surface area contributed by atoms with Gasteiger partial charge in [0.25, 0.3) is 5.91 Å². The molecule has 2 unspecified atom stereocenters. The average Bonchev–Trinajstić information content (AvgIpc) is 2.72. The van der Waals surface area contributed by atoms with Crippen molar-refractivity contribution < 1.29 is 14.3 Å². The molecule has 2 fully saturated rings. The van der Waals surface area contributed by atoms with Gasteiger partial charge < -0.3 is 15.0 Å². The fourth-order valence-corrected chi connectivity index (χ4v) is 4.16. The molecule has 0 aliphatic carbocycles. The highest BCUT2D eigenvalue weighted by atomic mass is 16.5. The normalized spacial score (nSPS) is 23.2. The fraction of sp³-hybridized carbons (Fsp3) is 0.565. The number of carbonyl (C=O) groups is 2. The first-order valence-electron chi connectivity index (χ1n) is 10.8. The molecule has 2 saturated heterocycles. The predicted octanol–water partition coefficient (Wildman–Crippen LogP) is 1.36. The van der Waals surface area contributed by atoms with Gasteiger partial charge in [0.05, 0.1) is 18.8 Å². The molecular weight excluding hydrogens is 380 g/mol. The lowest BCUT2D eigenvalue weighted by Gasteiger charge is -2.35. The van der Waals surface area contributed by atoms with Gasteiger partial charge in [-0.05, 0) is 31.5 Å². The minimum absolute atomic E-state index is 0.00526. The maximum Gasteiger partial charge on any atom is 0.253 e. The van der Waals surface area contributed by atoms with Crippen molar-refractivity contribution in [2.75, 3.05) is 52.4 Å². The van der Waals surface area contributed by atoms with Gasteiger partial charge in [0.2, 0.25) is 5.91 Å². The van der Waals surface area contributed by atoms with Crippen LogP contribution in [-0.4, -0.2) is 91.1 Å². The summed E-state index contributed by atoms with van der Waals surface area (Å²) in [7, 11) is 0. The third-order valence-corrected chi connectivity index (χ3v) is 5.57. The minimum atomic E-state index is -0.00526. The molecule has 2 aliphatic rings. The second-order valence-corrected chi connectivity index (χ2v) is 8.31. The molecule has 7 nitrogen and oxygen atoms in total.